The molecule has 2 N–H and O–H groups in total. The van der Waals surface area contributed by atoms with Crippen LogP contribution in [-0.4, -0.2) is 43.5 Å². The van der Waals surface area contributed by atoms with Crippen molar-refractivity contribution in [2.45, 2.75) is 32.0 Å². The number of aromatic nitrogens is 3. The van der Waals surface area contributed by atoms with E-state index in [2.05, 4.69) is 15.5 Å². The van der Waals surface area contributed by atoms with Crippen molar-refractivity contribution in [1.29, 1.82) is 0 Å². The average molecular weight is 464 g/mol. The van der Waals surface area contributed by atoms with Crippen LogP contribution in [0, 0.1) is 12.7 Å². The topological polar surface area (TPSA) is 83.3 Å². The molecule has 0 saturated carbocycles. The molecule has 0 radical (unpaired) electrons. The van der Waals surface area contributed by atoms with Crippen LogP contribution < -0.4 is 5.32 Å². The predicted octanol–water partition coefficient (Wildman–Crippen LogP) is 4.42. The van der Waals surface area contributed by atoms with Crippen LogP contribution >= 0.6 is 23.2 Å². The van der Waals surface area contributed by atoms with E-state index in [9.17, 15) is 14.3 Å². The number of halogens is 3. The minimum Gasteiger partial charge on any atom is -0.391 e. The molecule has 0 spiro atoms. The SMILES string of the molecule is Cc1nnc(C2C[C@H](O)CN2C(=O)Nc2ccc(Cl)cc2F)n1Cc1ccc(Cl)cc1. The van der Waals surface area contributed by atoms with Crippen molar-refractivity contribution in [2.75, 3.05) is 11.9 Å². The Kier molecular flexibility index (Phi) is 6.13. The molecule has 0 aliphatic carbocycles. The number of nitrogens with one attached hydrogen (secondary N) is 1. The Morgan fingerprint density at radius 2 is 1.90 bits per heavy atom. The third-order valence-electron chi connectivity index (χ3n) is 5.23. The maximum Gasteiger partial charge on any atom is 0.322 e. The van der Waals surface area contributed by atoms with Gasteiger partial charge in [0.1, 0.15) is 11.6 Å². The van der Waals surface area contributed by atoms with Gasteiger partial charge in [0.05, 0.1) is 24.4 Å². The molecular weight excluding hydrogens is 444 g/mol. The van der Waals surface area contributed by atoms with Gasteiger partial charge in [0.25, 0.3) is 0 Å². The van der Waals surface area contributed by atoms with Crippen molar-refractivity contribution in [3.8, 4) is 0 Å². The summed E-state index contributed by atoms with van der Waals surface area (Å²) in [5.74, 6) is 0.588. The van der Waals surface area contributed by atoms with E-state index in [-0.39, 0.29) is 17.3 Å². The molecule has 0 bridgehead atoms. The van der Waals surface area contributed by atoms with E-state index in [0.717, 1.165) is 11.6 Å². The zero-order chi connectivity index (χ0) is 22.1. The first-order chi connectivity index (χ1) is 14.8. The van der Waals surface area contributed by atoms with E-state index >= 15 is 0 Å². The van der Waals surface area contributed by atoms with Crippen LogP contribution in [0.15, 0.2) is 42.5 Å². The first kappa shape index (κ1) is 21.5. The number of hydrogen-bond acceptors (Lipinski definition) is 4. The number of carbonyl (C=O) groups is 1. The average Bonchev–Trinajstić information content (AvgIpc) is 3.28. The largest absolute Gasteiger partial charge is 0.391 e. The highest BCUT2D eigenvalue weighted by Gasteiger charge is 2.38. The summed E-state index contributed by atoms with van der Waals surface area (Å²) in [6, 6.07) is 10.4. The van der Waals surface area contributed by atoms with Gasteiger partial charge in [0.15, 0.2) is 5.82 Å². The van der Waals surface area contributed by atoms with Gasteiger partial charge in [-0.2, -0.15) is 0 Å². The van der Waals surface area contributed by atoms with Gasteiger partial charge in [-0.25, -0.2) is 9.18 Å². The van der Waals surface area contributed by atoms with Gasteiger partial charge in [0.2, 0.25) is 0 Å². The van der Waals surface area contributed by atoms with E-state index in [0.29, 0.717) is 29.6 Å². The Balaban J connectivity index is 1.59. The molecule has 1 unspecified atom stereocenters. The number of nitrogens with zero attached hydrogens (tertiary/aromatic N) is 4. The van der Waals surface area contributed by atoms with Crippen LogP contribution in [-0.2, 0) is 6.54 Å². The summed E-state index contributed by atoms with van der Waals surface area (Å²) < 4.78 is 16.0. The number of aliphatic hydroxyl groups excluding tert-OH is 1. The highest BCUT2D eigenvalue weighted by Crippen LogP contribution is 2.33. The van der Waals surface area contributed by atoms with Crippen LogP contribution in [0.5, 0.6) is 0 Å². The smallest absolute Gasteiger partial charge is 0.322 e. The van der Waals surface area contributed by atoms with Crippen molar-refractivity contribution < 1.29 is 14.3 Å². The summed E-state index contributed by atoms with van der Waals surface area (Å²) in [5.41, 5.74) is 1.000. The van der Waals surface area contributed by atoms with E-state index in [4.69, 9.17) is 23.2 Å². The Morgan fingerprint density at radius 1 is 1.19 bits per heavy atom. The number of benzene rings is 2. The number of aryl methyl sites for hydroxylation is 1. The summed E-state index contributed by atoms with van der Waals surface area (Å²) in [4.78, 5) is 14.4. The summed E-state index contributed by atoms with van der Waals surface area (Å²) in [6.07, 6.45) is -0.429. The van der Waals surface area contributed by atoms with Gasteiger partial charge in [-0.3, -0.25) is 0 Å². The molecule has 2 aromatic carbocycles. The van der Waals surface area contributed by atoms with Gasteiger partial charge in [-0.05, 0) is 42.8 Å². The predicted molar refractivity (Wildman–Crippen MR) is 116 cm³/mol. The molecule has 2 heterocycles. The van der Waals surface area contributed by atoms with Crippen molar-refractivity contribution in [3.05, 3.63) is 75.5 Å². The number of β-amino-alcohol motifs (C(OH)–C–C–N with tert-alkyl or cyclic N) is 1. The number of rotatable bonds is 4. The monoisotopic (exact) mass is 463 g/mol. The molecule has 1 aliphatic heterocycles. The lowest BCUT2D eigenvalue weighted by atomic mass is 10.1. The molecule has 10 heteroatoms. The van der Waals surface area contributed by atoms with E-state index in [1.165, 1.54) is 17.0 Å². The summed E-state index contributed by atoms with van der Waals surface area (Å²) in [7, 11) is 0. The molecule has 2 atom stereocenters. The van der Waals surface area contributed by atoms with Crippen LogP contribution in [0.3, 0.4) is 0 Å². The highest BCUT2D eigenvalue weighted by atomic mass is 35.5. The van der Waals surface area contributed by atoms with Gasteiger partial charge in [-0.15, -0.1) is 10.2 Å². The zero-order valence-corrected chi connectivity index (χ0v) is 18.1. The molecule has 31 heavy (non-hydrogen) atoms. The van der Waals surface area contributed by atoms with Gasteiger partial charge in [-0.1, -0.05) is 35.3 Å². The molecule has 7 nitrogen and oxygen atoms in total. The third-order valence-corrected chi connectivity index (χ3v) is 5.72. The molecular formula is C21H20Cl2FN5O2. The maximum atomic E-state index is 14.1. The molecule has 3 aromatic rings. The molecule has 162 valence electrons. The number of amides is 2. The van der Waals surface area contributed by atoms with Crippen LogP contribution in [0.2, 0.25) is 10.0 Å². The molecule has 1 fully saturated rings. The van der Waals surface area contributed by atoms with Crippen LogP contribution in [0.4, 0.5) is 14.9 Å². The lowest BCUT2D eigenvalue weighted by molar-refractivity contribution is 0.175. The third kappa shape index (κ3) is 4.66. The molecule has 4 rings (SSSR count). The van der Waals surface area contributed by atoms with E-state index in [1.54, 1.807) is 12.1 Å². The van der Waals surface area contributed by atoms with Crippen LogP contribution in [0.25, 0.3) is 0 Å². The highest BCUT2D eigenvalue weighted by molar-refractivity contribution is 6.30. The first-order valence-corrected chi connectivity index (χ1v) is 10.4. The Morgan fingerprint density at radius 3 is 2.61 bits per heavy atom. The van der Waals surface area contributed by atoms with Crippen molar-refractivity contribution >= 4 is 34.9 Å². The summed E-state index contributed by atoms with van der Waals surface area (Å²) in [5, 5.41) is 22.1. The fourth-order valence-electron chi connectivity index (χ4n) is 3.67. The maximum absolute atomic E-state index is 14.1. The minimum atomic E-state index is -0.730. The fourth-order valence-corrected chi connectivity index (χ4v) is 3.96. The number of aliphatic hydroxyl groups is 1. The number of likely N-dealkylation sites (tertiary alicyclic amines) is 1. The van der Waals surface area contributed by atoms with Crippen molar-refractivity contribution in [3.63, 3.8) is 0 Å². The van der Waals surface area contributed by atoms with Gasteiger partial charge in [0, 0.05) is 23.0 Å². The second-order valence-electron chi connectivity index (χ2n) is 7.43. The van der Waals surface area contributed by atoms with E-state index < -0.39 is 24.0 Å². The Bertz CT molecular complexity index is 1110. The molecule has 1 aliphatic rings. The standard InChI is InChI=1S/C21H20Cl2FN5O2/c1-12-26-27-20(28(12)10-13-2-4-14(22)5-3-13)19-9-16(30)11-29(19)21(31)25-18-7-6-15(23)8-17(18)24/h2-8,16,19,30H,9-11H2,1H3,(H,25,31)/t16-,19?/m0/s1. The number of carbonyl (C=O) groups excluding carboxylic acids is 1. The minimum absolute atomic E-state index is 0.00773. The van der Waals surface area contributed by atoms with Crippen molar-refractivity contribution in [2.24, 2.45) is 0 Å². The molecule has 1 saturated heterocycles. The summed E-state index contributed by atoms with van der Waals surface area (Å²) in [6.45, 7) is 2.41. The number of hydrogen-bond donors (Lipinski definition) is 2. The fraction of sp³-hybridized carbons (Fsp3) is 0.286. The zero-order valence-electron chi connectivity index (χ0n) is 16.6. The van der Waals surface area contributed by atoms with E-state index in [1.807, 2.05) is 23.6 Å². The first-order valence-electron chi connectivity index (χ1n) is 9.66. The lowest BCUT2D eigenvalue weighted by Crippen LogP contribution is -2.36. The molecule has 2 amide bonds. The van der Waals surface area contributed by atoms with Gasteiger partial charge >= 0.3 is 6.03 Å². The number of anilines is 1. The van der Waals surface area contributed by atoms with Crippen LogP contribution in [0.1, 0.15) is 29.7 Å². The summed E-state index contributed by atoms with van der Waals surface area (Å²) >= 11 is 11.7. The Labute approximate surface area is 188 Å². The second kappa shape index (κ2) is 8.82. The number of urea groups is 1. The molecule has 1 aromatic heterocycles. The van der Waals surface area contributed by atoms with Crippen molar-refractivity contribution in [1.82, 2.24) is 19.7 Å². The van der Waals surface area contributed by atoms with Gasteiger partial charge < -0.3 is 19.9 Å². The quantitative estimate of drug-likeness (QED) is 0.599. The Hall–Kier alpha value is -2.68. The lowest BCUT2D eigenvalue weighted by Gasteiger charge is -2.25. The second-order valence-corrected chi connectivity index (χ2v) is 8.30. The normalized spacial score (nSPS) is 18.4.